The maximum Gasteiger partial charge on any atom is 0.410 e. The number of anilines is 1. The Hall–Kier alpha value is -3.50. The quantitative estimate of drug-likeness (QED) is 0.483. The third kappa shape index (κ3) is 7.52. The van der Waals surface area contributed by atoms with E-state index in [2.05, 4.69) is 15.3 Å². The first-order chi connectivity index (χ1) is 17.8. The van der Waals surface area contributed by atoms with E-state index in [9.17, 15) is 14.0 Å². The number of carbonyl (C=O) groups is 2. The van der Waals surface area contributed by atoms with E-state index in [0.717, 1.165) is 6.07 Å². The first-order valence-electron chi connectivity index (χ1n) is 12.8. The van der Waals surface area contributed by atoms with Crippen LogP contribution in [-0.2, 0) is 4.74 Å². The minimum atomic E-state index is -1.59. The van der Waals surface area contributed by atoms with Crippen LogP contribution in [0.4, 0.5) is 19.4 Å². The standard InChI is InChI=1S/C27H37F2N5O4/c1-7-34(18(2)3)24(35)20-14-19(28)8-9-21(20)37-22-15-30-17-32-23(22)31-16-27(29)10-12-33(13-11-27)25(36)38-26(4,5)6/h8-9,14-15,17-18H,7,10-13,16H2,1-6H3,(H,30,31,32). The summed E-state index contributed by atoms with van der Waals surface area (Å²) in [4.78, 5) is 36.7. The SMILES string of the molecule is CCN(C(=O)c1cc(F)ccc1Oc1cncnc1NCC1(F)CCN(C(=O)OC(C)(C)C)CC1)C(C)C. The van der Waals surface area contributed by atoms with Crippen molar-refractivity contribution in [2.75, 3.05) is 31.5 Å². The Kier molecular flexibility index (Phi) is 9.11. The molecule has 11 heteroatoms. The zero-order chi connectivity index (χ0) is 28.1. The number of carbonyl (C=O) groups excluding carboxylic acids is 2. The molecule has 0 unspecified atom stereocenters. The van der Waals surface area contributed by atoms with E-state index in [0.29, 0.717) is 6.54 Å². The molecule has 0 spiro atoms. The average molecular weight is 534 g/mol. The molecule has 1 aliphatic rings. The predicted molar refractivity (Wildman–Crippen MR) is 140 cm³/mol. The van der Waals surface area contributed by atoms with Gasteiger partial charge in [-0.3, -0.25) is 4.79 Å². The lowest BCUT2D eigenvalue weighted by atomic mass is 9.93. The molecule has 0 saturated carbocycles. The van der Waals surface area contributed by atoms with Gasteiger partial charge in [0.2, 0.25) is 0 Å². The molecular formula is C27H37F2N5O4. The number of benzene rings is 1. The molecule has 0 radical (unpaired) electrons. The maximum atomic E-state index is 15.6. The summed E-state index contributed by atoms with van der Waals surface area (Å²) < 4.78 is 41.0. The van der Waals surface area contributed by atoms with Gasteiger partial charge in [-0.1, -0.05) is 0 Å². The highest BCUT2D eigenvalue weighted by molar-refractivity contribution is 5.97. The molecule has 1 fully saturated rings. The van der Waals surface area contributed by atoms with Crippen molar-refractivity contribution < 1.29 is 27.8 Å². The van der Waals surface area contributed by atoms with Gasteiger partial charge in [-0.15, -0.1) is 0 Å². The number of halogens is 2. The molecule has 38 heavy (non-hydrogen) atoms. The minimum Gasteiger partial charge on any atom is -0.451 e. The molecule has 0 atom stereocenters. The number of amides is 2. The molecule has 9 nitrogen and oxygen atoms in total. The third-order valence-electron chi connectivity index (χ3n) is 6.18. The highest BCUT2D eigenvalue weighted by Gasteiger charge is 2.37. The van der Waals surface area contributed by atoms with E-state index in [1.807, 2.05) is 20.8 Å². The summed E-state index contributed by atoms with van der Waals surface area (Å²) in [7, 11) is 0. The monoisotopic (exact) mass is 533 g/mol. The number of likely N-dealkylation sites (tertiary alicyclic amines) is 1. The van der Waals surface area contributed by atoms with E-state index in [4.69, 9.17) is 9.47 Å². The fourth-order valence-corrected chi connectivity index (χ4v) is 4.13. The van der Waals surface area contributed by atoms with Gasteiger partial charge < -0.3 is 24.6 Å². The number of nitrogens with one attached hydrogen (secondary N) is 1. The number of aromatic nitrogens is 2. The molecule has 2 amide bonds. The Morgan fingerprint density at radius 3 is 2.50 bits per heavy atom. The number of ether oxygens (including phenoxy) is 2. The summed E-state index contributed by atoms with van der Waals surface area (Å²) in [5.41, 5.74) is -2.14. The molecular weight excluding hydrogens is 496 g/mol. The van der Waals surface area contributed by atoms with Crippen molar-refractivity contribution in [3.05, 3.63) is 42.1 Å². The lowest BCUT2D eigenvalue weighted by molar-refractivity contribution is 0.00573. The lowest BCUT2D eigenvalue weighted by Crippen LogP contribution is -2.48. The van der Waals surface area contributed by atoms with Crippen molar-refractivity contribution in [2.24, 2.45) is 0 Å². The number of rotatable bonds is 8. The zero-order valence-electron chi connectivity index (χ0n) is 22.9. The van der Waals surface area contributed by atoms with Crippen molar-refractivity contribution in [2.45, 2.75) is 71.7 Å². The van der Waals surface area contributed by atoms with Crippen LogP contribution in [0.3, 0.4) is 0 Å². The van der Waals surface area contributed by atoms with Crippen LogP contribution in [0.15, 0.2) is 30.7 Å². The Labute approximate surface area is 222 Å². The molecule has 1 saturated heterocycles. The molecule has 1 N–H and O–H groups in total. The van der Waals surface area contributed by atoms with Crippen LogP contribution in [0.2, 0.25) is 0 Å². The Morgan fingerprint density at radius 1 is 1.21 bits per heavy atom. The van der Waals surface area contributed by atoms with Crippen LogP contribution in [0, 0.1) is 5.82 Å². The molecule has 0 aliphatic carbocycles. The molecule has 0 bridgehead atoms. The molecule has 1 aromatic carbocycles. The van der Waals surface area contributed by atoms with E-state index in [1.54, 1.807) is 25.7 Å². The largest absolute Gasteiger partial charge is 0.451 e. The predicted octanol–water partition coefficient (Wildman–Crippen LogP) is 5.43. The highest BCUT2D eigenvalue weighted by Crippen LogP contribution is 2.33. The van der Waals surface area contributed by atoms with Gasteiger partial charge in [0.05, 0.1) is 18.3 Å². The van der Waals surface area contributed by atoms with Gasteiger partial charge in [0.1, 0.15) is 29.2 Å². The van der Waals surface area contributed by atoms with Gasteiger partial charge in [-0.05, 0) is 59.7 Å². The van der Waals surface area contributed by atoms with E-state index in [-0.39, 0.29) is 67.3 Å². The molecule has 1 aromatic heterocycles. The summed E-state index contributed by atoms with van der Waals surface area (Å²) in [5, 5.41) is 2.98. The molecule has 208 valence electrons. The first kappa shape index (κ1) is 29.1. The van der Waals surface area contributed by atoms with E-state index < -0.39 is 23.2 Å². The van der Waals surface area contributed by atoms with Crippen LogP contribution < -0.4 is 10.1 Å². The van der Waals surface area contributed by atoms with E-state index >= 15 is 4.39 Å². The topological polar surface area (TPSA) is 96.9 Å². The summed E-state index contributed by atoms with van der Waals surface area (Å²) in [6.45, 7) is 11.8. The highest BCUT2D eigenvalue weighted by atomic mass is 19.1. The maximum absolute atomic E-state index is 15.6. The number of hydrogen-bond acceptors (Lipinski definition) is 7. The first-order valence-corrected chi connectivity index (χ1v) is 12.8. The van der Waals surface area contributed by atoms with Crippen molar-refractivity contribution in [3.8, 4) is 11.5 Å². The summed E-state index contributed by atoms with van der Waals surface area (Å²) >= 11 is 0. The van der Waals surface area contributed by atoms with Crippen LogP contribution >= 0.6 is 0 Å². The average Bonchev–Trinajstić information content (AvgIpc) is 2.84. The third-order valence-corrected chi connectivity index (χ3v) is 6.18. The van der Waals surface area contributed by atoms with Crippen LogP contribution in [-0.4, -0.2) is 75.3 Å². The number of nitrogens with zero attached hydrogens (tertiary/aromatic N) is 4. The molecule has 1 aliphatic heterocycles. The van der Waals surface area contributed by atoms with Gasteiger partial charge in [-0.2, -0.15) is 0 Å². The summed E-state index contributed by atoms with van der Waals surface area (Å²) in [6, 6.07) is 3.61. The molecule has 3 rings (SSSR count). The number of hydrogen-bond donors (Lipinski definition) is 1. The molecule has 2 heterocycles. The van der Waals surface area contributed by atoms with Crippen LogP contribution in [0.1, 0.15) is 64.7 Å². The van der Waals surface area contributed by atoms with Crippen molar-refractivity contribution >= 4 is 17.8 Å². The van der Waals surface area contributed by atoms with Gasteiger partial charge in [0, 0.05) is 38.5 Å². The zero-order valence-corrected chi connectivity index (χ0v) is 22.9. The Morgan fingerprint density at radius 2 is 1.89 bits per heavy atom. The number of alkyl halides is 1. The van der Waals surface area contributed by atoms with Crippen LogP contribution in [0.5, 0.6) is 11.5 Å². The fourth-order valence-electron chi connectivity index (χ4n) is 4.13. The van der Waals surface area contributed by atoms with E-state index in [1.165, 1.54) is 29.6 Å². The molecule has 2 aromatic rings. The number of piperidine rings is 1. The minimum absolute atomic E-state index is 0.0619. The Balaban J connectivity index is 1.71. The Bertz CT molecular complexity index is 1130. The smallest absolute Gasteiger partial charge is 0.410 e. The van der Waals surface area contributed by atoms with Gasteiger partial charge >= 0.3 is 6.09 Å². The van der Waals surface area contributed by atoms with Gasteiger partial charge in [-0.25, -0.2) is 23.5 Å². The second kappa shape index (κ2) is 11.9. The summed E-state index contributed by atoms with van der Waals surface area (Å²) in [5.74, 6) is -0.418. The van der Waals surface area contributed by atoms with Gasteiger partial charge in [0.25, 0.3) is 5.91 Å². The lowest BCUT2D eigenvalue weighted by Gasteiger charge is -2.37. The fraction of sp³-hybridized carbons (Fsp3) is 0.556. The van der Waals surface area contributed by atoms with Crippen molar-refractivity contribution in [3.63, 3.8) is 0 Å². The second-order valence-corrected chi connectivity index (χ2v) is 10.6. The van der Waals surface area contributed by atoms with Crippen LogP contribution in [0.25, 0.3) is 0 Å². The van der Waals surface area contributed by atoms with Crippen molar-refractivity contribution in [1.29, 1.82) is 0 Å². The summed E-state index contributed by atoms with van der Waals surface area (Å²) in [6.07, 6.45) is 2.48. The second-order valence-electron chi connectivity index (χ2n) is 10.6. The van der Waals surface area contributed by atoms with Gasteiger partial charge in [0.15, 0.2) is 11.6 Å². The normalized spacial score (nSPS) is 15.2. The van der Waals surface area contributed by atoms with Crippen molar-refractivity contribution in [1.82, 2.24) is 19.8 Å².